The fourth-order valence-corrected chi connectivity index (χ4v) is 6.71. The van der Waals surface area contributed by atoms with Gasteiger partial charge in [-0.3, -0.25) is 4.79 Å². The van der Waals surface area contributed by atoms with E-state index in [1.165, 1.54) is 29.1 Å². The highest BCUT2D eigenvalue weighted by atomic mass is 32.2. The third-order valence-electron chi connectivity index (χ3n) is 5.16. The first-order chi connectivity index (χ1) is 14.1. The van der Waals surface area contributed by atoms with Crippen molar-refractivity contribution in [2.45, 2.75) is 37.3 Å². The van der Waals surface area contributed by atoms with Crippen LogP contribution in [0.25, 0.3) is 0 Å². The minimum atomic E-state index is -0.107. The summed E-state index contributed by atoms with van der Waals surface area (Å²) in [4.78, 5) is 12.5. The van der Waals surface area contributed by atoms with E-state index in [0.29, 0.717) is 11.2 Å². The molecular weight excluding hydrogens is 402 g/mol. The van der Waals surface area contributed by atoms with Crippen molar-refractivity contribution in [2.75, 3.05) is 24.7 Å². The van der Waals surface area contributed by atoms with Gasteiger partial charge >= 0.3 is 0 Å². The van der Waals surface area contributed by atoms with Gasteiger partial charge in [-0.25, -0.2) is 0 Å². The van der Waals surface area contributed by atoms with E-state index in [1.54, 1.807) is 0 Å². The summed E-state index contributed by atoms with van der Waals surface area (Å²) in [6, 6.07) is 12.3. The molecule has 1 N–H and O–H groups in total. The second-order valence-corrected chi connectivity index (χ2v) is 10.3. The van der Waals surface area contributed by atoms with Crippen molar-refractivity contribution in [3.05, 3.63) is 58.7 Å². The molecule has 0 saturated carbocycles. The molecule has 2 aromatic carbocycles. The number of nitrogens with one attached hydrogen (secondary N) is 1. The standard InChI is InChI=1S/C23H27NO3S2/c1-15-12-16(2)22-19(13-15)20(8-9-26-22)24-21(25)14-27-18-6-4-17(5-7-18)23-28-10-3-11-29-23/h4-7,12-13,20,23H,3,8-11,14H2,1-2H3,(H,24,25). The van der Waals surface area contributed by atoms with E-state index < -0.39 is 0 Å². The van der Waals surface area contributed by atoms with Crippen LogP contribution in [0, 0.1) is 13.8 Å². The Morgan fingerprint density at radius 2 is 1.93 bits per heavy atom. The molecule has 2 heterocycles. The second kappa shape index (κ2) is 9.35. The lowest BCUT2D eigenvalue weighted by atomic mass is 9.95. The molecule has 154 valence electrons. The lowest BCUT2D eigenvalue weighted by Crippen LogP contribution is -2.35. The Balaban J connectivity index is 1.33. The first kappa shape index (κ1) is 20.5. The van der Waals surface area contributed by atoms with Crippen LogP contribution in [0.2, 0.25) is 0 Å². The van der Waals surface area contributed by atoms with Crippen LogP contribution >= 0.6 is 23.5 Å². The van der Waals surface area contributed by atoms with E-state index in [-0.39, 0.29) is 18.6 Å². The average Bonchev–Trinajstić information content (AvgIpc) is 2.74. The number of fused-ring (bicyclic) bond motifs is 1. The molecule has 0 aromatic heterocycles. The van der Waals surface area contributed by atoms with Crippen molar-refractivity contribution in [1.82, 2.24) is 5.32 Å². The van der Waals surface area contributed by atoms with Gasteiger partial charge in [0.2, 0.25) is 0 Å². The highest BCUT2D eigenvalue weighted by Crippen LogP contribution is 2.43. The van der Waals surface area contributed by atoms with Crippen LogP contribution in [0.3, 0.4) is 0 Å². The fourth-order valence-electron chi connectivity index (χ4n) is 3.81. The first-order valence-electron chi connectivity index (χ1n) is 10.1. The van der Waals surface area contributed by atoms with Crippen LogP contribution in [-0.4, -0.2) is 30.6 Å². The summed E-state index contributed by atoms with van der Waals surface area (Å²) in [6.45, 7) is 4.75. The molecule has 0 spiro atoms. The topological polar surface area (TPSA) is 47.6 Å². The van der Waals surface area contributed by atoms with Crippen LogP contribution < -0.4 is 14.8 Å². The van der Waals surface area contributed by atoms with Crippen molar-refractivity contribution >= 4 is 29.4 Å². The number of aryl methyl sites for hydroxylation is 2. The van der Waals surface area contributed by atoms with Gasteiger partial charge in [-0.05, 0) is 55.0 Å². The Morgan fingerprint density at radius 3 is 2.69 bits per heavy atom. The van der Waals surface area contributed by atoms with Gasteiger partial charge in [-0.2, -0.15) is 0 Å². The monoisotopic (exact) mass is 429 g/mol. The zero-order valence-electron chi connectivity index (χ0n) is 16.9. The number of ether oxygens (including phenoxy) is 2. The minimum absolute atomic E-state index is 0.0176. The van der Waals surface area contributed by atoms with E-state index >= 15 is 0 Å². The quantitative estimate of drug-likeness (QED) is 0.709. The lowest BCUT2D eigenvalue weighted by molar-refractivity contribution is -0.124. The number of thioether (sulfide) groups is 2. The molecule has 29 heavy (non-hydrogen) atoms. The molecule has 6 heteroatoms. The zero-order chi connectivity index (χ0) is 20.2. The number of amides is 1. The normalized spacial score (nSPS) is 19.2. The van der Waals surface area contributed by atoms with Gasteiger partial charge in [0.05, 0.1) is 17.2 Å². The third kappa shape index (κ3) is 5.04. The molecule has 4 rings (SSSR count). The number of benzene rings is 2. The molecule has 2 aliphatic rings. The Hall–Kier alpha value is -1.79. The van der Waals surface area contributed by atoms with Crippen molar-refractivity contribution < 1.29 is 14.3 Å². The summed E-state index contributed by atoms with van der Waals surface area (Å²) >= 11 is 4.01. The molecule has 0 bridgehead atoms. The predicted octanol–water partition coefficient (Wildman–Crippen LogP) is 5.19. The van der Waals surface area contributed by atoms with E-state index in [1.807, 2.05) is 42.6 Å². The molecule has 2 aromatic rings. The lowest BCUT2D eigenvalue weighted by Gasteiger charge is -2.28. The van der Waals surface area contributed by atoms with Gasteiger partial charge < -0.3 is 14.8 Å². The number of hydrogen-bond donors (Lipinski definition) is 1. The maximum atomic E-state index is 12.5. The van der Waals surface area contributed by atoms with Crippen molar-refractivity contribution in [3.63, 3.8) is 0 Å². The van der Waals surface area contributed by atoms with E-state index in [2.05, 4.69) is 36.5 Å². The number of rotatable bonds is 5. The highest BCUT2D eigenvalue weighted by Gasteiger charge is 2.25. The Labute approximate surface area is 181 Å². The molecule has 4 nitrogen and oxygen atoms in total. The molecular formula is C23H27NO3S2. The zero-order valence-corrected chi connectivity index (χ0v) is 18.5. The smallest absolute Gasteiger partial charge is 0.258 e. The van der Waals surface area contributed by atoms with Crippen LogP contribution in [0.5, 0.6) is 11.5 Å². The molecule has 1 saturated heterocycles. The molecule has 2 aliphatic heterocycles. The number of hydrogen-bond acceptors (Lipinski definition) is 5. The molecule has 0 aliphatic carbocycles. The summed E-state index contributed by atoms with van der Waals surface area (Å²) in [6.07, 6.45) is 2.06. The maximum absolute atomic E-state index is 12.5. The minimum Gasteiger partial charge on any atom is -0.493 e. The highest BCUT2D eigenvalue weighted by molar-refractivity contribution is 8.16. The van der Waals surface area contributed by atoms with Gasteiger partial charge in [0.15, 0.2) is 6.61 Å². The van der Waals surface area contributed by atoms with Crippen LogP contribution in [0.15, 0.2) is 36.4 Å². The molecule has 1 amide bonds. The van der Waals surface area contributed by atoms with Crippen LogP contribution in [-0.2, 0) is 4.79 Å². The Kier molecular flexibility index (Phi) is 6.60. The van der Waals surface area contributed by atoms with Crippen molar-refractivity contribution in [1.29, 1.82) is 0 Å². The van der Waals surface area contributed by atoms with Gasteiger partial charge in [0.1, 0.15) is 11.5 Å². The van der Waals surface area contributed by atoms with Crippen molar-refractivity contribution in [3.8, 4) is 11.5 Å². The van der Waals surface area contributed by atoms with Crippen LogP contribution in [0.4, 0.5) is 0 Å². The summed E-state index contributed by atoms with van der Waals surface area (Å²) in [5.41, 5.74) is 4.68. The molecule has 1 unspecified atom stereocenters. The van der Waals surface area contributed by atoms with Gasteiger partial charge in [-0.1, -0.05) is 29.8 Å². The summed E-state index contributed by atoms with van der Waals surface area (Å²) in [5.74, 6) is 3.98. The molecule has 1 atom stereocenters. The third-order valence-corrected chi connectivity index (χ3v) is 8.18. The van der Waals surface area contributed by atoms with Gasteiger partial charge in [0, 0.05) is 12.0 Å². The maximum Gasteiger partial charge on any atom is 0.258 e. The summed E-state index contributed by atoms with van der Waals surface area (Å²) < 4.78 is 12.1. The van der Waals surface area contributed by atoms with Crippen LogP contribution in [0.1, 0.15) is 45.7 Å². The summed E-state index contributed by atoms with van der Waals surface area (Å²) in [7, 11) is 0. The average molecular weight is 430 g/mol. The van der Waals surface area contributed by atoms with E-state index in [4.69, 9.17) is 9.47 Å². The second-order valence-electron chi connectivity index (χ2n) is 7.54. The predicted molar refractivity (Wildman–Crippen MR) is 121 cm³/mol. The first-order valence-corrected chi connectivity index (χ1v) is 12.2. The molecule has 1 fully saturated rings. The Bertz CT molecular complexity index is 863. The number of carbonyl (C=O) groups excluding carboxylic acids is 1. The molecule has 0 radical (unpaired) electrons. The largest absolute Gasteiger partial charge is 0.493 e. The fraction of sp³-hybridized carbons (Fsp3) is 0.435. The van der Waals surface area contributed by atoms with Crippen molar-refractivity contribution in [2.24, 2.45) is 0 Å². The summed E-state index contributed by atoms with van der Waals surface area (Å²) in [5, 5.41) is 3.11. The van der Waals surface area contributed by atoms with E-state index in [9.17, 15) is 4.79 Å². The Morgan fingerprint density at radius 1 is 1.17 bits per heavy atom. The number of carbonyl (C=O) groups is 1. The van der Waals surface area contributed by atoms with Gasteiger partial charge in [0.25, 0.3) is 5.91 Å². The van der Waals surface area contributed by atoms with E-state index in [0.717, 1.165) is 29.0 Å². The van der Waals surface area contributed by atoms with Gasteiger partial charge in [-0.15, -0.1) is 23.5 Å². The SMILES string of the molecule is Cc1cc(C)c2c(c1)C(NC(=O)COc1ccc(C3SCCCS3)cc1)CCO2.